The summed E-state index contributed by atoms with van der Waals surface area (Å²) in [6, 6.07) is 0. The first-order valence-electron chi connectivity index (χ1n) is 4.72. The number of aliphatic carboxylic acids is 1. The number of rotatable bonds is 3. The highest BCUT2D eigenvalue weighted by atomic mass is 16.4. The van der Waals surface area contributed by atoms with Gasteiger partial charge in [0.15, 0.2) is 6.29 Å². The number of aldehydes is 1. The van der Waals surface area contributed by atoms with Crippen molar-refractivity contribution in [1.29, 1.82) is 0 Å². The topological polar surface area (TPSA) is 54.4 Å². The van der Waals surface area contributed by atoms with Crippen molar-refractivity contribution in [2.45, 2.75) is 12.8 Å². The molecule has 3 nitrogen and oxygen atoms in total. The fourth-order valence-electron chi connectivity index (χ4n) is 1.91. The number of carboxylic acids is 1. The molecular weight excluding hydrogens is 192 g/mol. The van der Waals surface area contributed by atoms with E-state index in [-0.39, 0.29) is 5.57 Å². The largest absolute Gasteiger partial charge is 0.478 e. The third-order valence-corrected chi connectivity index (χ3v) is 2.62. The second-order valence-electron chi connectivity index (χ2n) is 3.46. The smallest absolute Gasteiger partial charge is 0.336 e. The lowest BCUT2D eigenvalue weighted by Crippen LogP contribution is -2.05. The van der Waals surface area contributed by atoms with Crippen molar-refractivity contribution >= 4 is 12.3 Å². The van der Waals surface area contributed by atoms with Crippen LogP contribution in [0.4, 0.5) is 0 Å². The summed E-state index contributed by atoms with van der Waals surface area (Å²) in [5.74, 6) is -1.02. The Kier molecular flexibility index (Phi) is 2.37. The molecule has 0 aromatic heterocycles. The van der Waals surface area contributed by atoms with Crippen molar-refractivity contribution < 1.29 is 14.7 Å². The maximum absolute atomic E-state index is 11.0. The molecule has 0 aromatic rings. The Hall–Kier alpha value is -1.90. The van der Waals surface area contributed by atoms with Crippen LogP contribution in [0.25, 0.3) is 0 Å². The Morgan fingerprint density at radius 1 is 1.40 bits per heavy atom. The molecule has 0 aliphatic heterocycles. The fourth-order valence-corrected chi connectivity index (χ4v) is 1.91. The van der Waals surface area contributed by atoms with Crippen LogP contribution in [-0.4, -0.2) is 17.4 Å². The molecule has 15 heavy (non-hydrogen) atoms. The third-order valence-electron chi connectivity index (χ3n) is 2.62. The van der Waals surface area contributed by atoms with E-state index in [4.69, 9.17) is 5.11 Å². The molecule has 2 aliphatic carbocycles. The van der Waals surface area contributed by atoms with Gasteiger partial charge in [0.2, 0.25) is 0 Å². The quantitative estimate of drug-likeness (QED) is 0.710. The second kappa shape index (κ2) is 3.69. The van der Waals surface area contributed by atoms with E-state index in [0.717, 1.165) is 17.6 Å². The van der Waals surface area contributed by atoms with Gasteiger partial charge >= 0.3 is 5.97 Å². The molecule has 0 atom stereocenters. The van der Waals surface area contributed by atoms with Crippen LogP contribution in [0.15, 0.2) is 46.6 Å². The summed E-state index contributed by atoms with van der Waals surface area (Å²) in [5, 5.41) is 9.04. The van der Waals surface area contributed by atoms with Gasteiger partial charge < -0.3 is 5.11 Å². The molecule has 0 saturated heterocycles. The van der Waals surface area contributed by atoms with Gasteiger partial charge in [-0.15, -0.1) is 0 Å². The minimum atomic E-state index is -1.02. The van der Waals surface area contributed by atoms with Crippen LogP contribution in [0.2, 0.25) is 0 Å². The van der Waals surface area contributed by atoms with E-state index in [1.807, 2.05) is 18.2 Å². The van der Waals surface area contributed by atoms with Gasteiger partial charge in [-0.2, -0.15) is 0 Å². The fraction of sp³-hybridized carbons (Fsp3) is 0.167. The highest BCUT2D eigenvalue weighted by Crippen LogP contribution is 2.33. The van der Waals surface area contributed by atoms with E-state index in [9.17, 15) is 9.59 Å². The van der Waals surface area contributed by atoms with Gasteiger partial charge in [-0.3, -0.25) is 4.79 Å². The van der Waals surface area contributed by atoms with Gasteiger partial charge in [-0.25, -0.2) is 4.79 Å². The van der Waals surface area contributed by atoms with E-state index in [0.29, 0.717) is 18.3 Å². The number of carbonyl (C=O) groups is 2. The molecule has 0 radical (unpaired) electrons. The van der Waals surface area contributed by atoms with Crippen molar-refractivity contribution in [3.8, 4) is 0 Å². The zero-order chi connectivity index (χ0) is 10.8. The molecule has 2 aliphatic rings. The minimum Gasteiger partial charge on any atom is -0.478 e. The standard InChI is InChI=1S/C12H10O3/c13-7-9-5-6-10(11(9)12(14)15)8-3-1-2-4-8/h1-3,5,7H,4,6H2,(H,14,15). The second-order valence-corrected chi connectivity index (χ2v) is 3.46. The number of carboxylic acid groups (broad SMARTS) is 1. The SMILES string of the molecule is O=CC1=CCC(C2=CC=CC2)=C1C(=O)O. The lowest BCUT2D eigenvalue weighted by molar-refractivity contribution is -0.132. The van der Waals surface area contributed by atoms with E-state index in [2.05, 4.69) is 0 Å². The van der Waals surface area contributed by atoms with Crippen LogP contribution in [0.5, 0.6) is 0 Å². The van der Waals surface area contributed by atoms with Crippen LogP contribution in [0.1, 0.15) is 12.8 Å². The molecule has 0 amide bonds. The molecule has 2 rings (SSSR count). The Labute approximate surface area is 87.1 Å². The van der Waals surface area contributed by atoms with Gasteiger partial charge in [0.05, 0.1) is 5.57 Å². The van der Waals surface area contributed by atoms with Gasteiger partial charge in [-0.05, 0) is 24.0 Å². The predicted octanol–water partition coefficient (Wildman–Crippen LogP) is 1.78. The van der Waals surface area contributed by atoms with Gasteiger partial charge in [-0.1, -0.05) is 24.3 Å². The molecule has 0 unspecified atom stereocenters. The Morgan fingerprint density at radius 2 is 2.20 bits per heavy atom. The van der Waals surface area contributed by atoms with Crippen molar-refractivity contribution in [3.63, 3.8) is 0 Å². The predicted molar refractivity (Wildman–Crippen MR) is 55.3 cm³/mol. The Bertz CT molecular complexity index is 447. The van der Waals surface area contributed by atoms with Crippen LogP contribution in [0.3, 0.4) is 0 Å². The van der Waals surface area contributed by atoms with Crippen LogP contribution in [0, 0.1) is 0 Å². The first-order chi connectivity index (χ1) is 7.24. The first-order valence-corrected chi connectivity index (χ1v) is 4.72. The molecule has 0 saturated carbocycles. The van der Waals surface area contributed by atoms with E-state index >= 15 is 0 Å². The Morgan fingerprint density at radius 3 is 2.73 bits per heavy atom. The van der Waals surface area contributed by atoms with Crippen molar-refractivity contribution in [2.24, 2.45) is 0 Å². The lowest BCUT2D eigenvalue weighted by Gasteiger charge is -2.05. The van der Waals surface area contributed by atoms with Crippen molar-refractivity contribution in [2.75, 3.05) is 0 Å². The number of carbonyl (C=O) groups excluding carboxylic acids is 1. The monoisotopic (exact) mass is 202 g/mol. The highest BCUT2D eigenvalue weighted by Gasteiger charge is 2.25. The average molecular weight is 202 g/mol. The maximum Gasteiger partial charge on any atom is 0.336 e. The molecule has 0 aromatic carbocycles. The van der Waals surface area contributed by atoms with Crippen LogP contribution in [-0.2, 0) is 9.59 Å². The van der Waals surface area contributed by atoms with E-state index in [1.54, 1.807) is 6.08 Å². The molecule has 0 bridgehead atoms. The summed E-state index contributed by atoms with van der Waals surface area (Å²) in [6.45, 7) is 0. The molecular formula is C12H10O3. The molecule has 3 heteroatoms. The molecule has 0 heterocycles. The molecule has 76 valence electrons. The summed E-state index contributed by atoms with van der Waals surface area (Å²) < 4.78 is 0. The van der Waals surface area contributed by atoms with Crippen molar-refractivity contribution in [3.05, 3.63) is 46.6 Å². The summed E-state index contributed by atoms with van der Waals surface area (Å²) in [6.07, 6.45) is 9.36. The van der Waals surface area contributed by atoms with Gasteiger partial charge in [0.25, 0.3) is 0 Å². The molecule has 0 spiro atoms. The highest BCUT2D eigenvalue weighted by molar-refractivity contribution is 6.03. The first kappa shape index (κ1) is 9.65. The third kappa shape index (κ3) is 1.56. The number of hydrogen-bond donors (Lipinski definition) is 1. The minimum absolute atomic E-state index is 0.167. The number of allylic oxidation sites excluding steroid dienone is 6. The summed E-state index contributed by atoms with van der Waals surface area (Å²) >= 11 is 0. The normalized spacial score (nSPS) is 19.2. The zero-order valence-corrected chi connectivity index (χ0v) is 8.06. The summed E-state index contributed by atoms with van der Waals surface area (Å²) in [5.41, 5.74) is 2.24. The summed E-state index contributed by atoms with van der Waals surface area (Å²) in [7, 11) is 0. The zero-order valence-electron chi connectivity index (χ0n) is 8.06. The van der Waals surface area contributed by atoms with Gasteiger partial charge in [0.1, 0.15) is 0 Å². The average Bonchev–Trinajstić information content (AvgIpc) is 2.85. The number of hydrogen-bond acceptors (Lipinski definition) is 2. The lowest BCUT2D eigenvalue weighted by atomic mass is 9.99. The van der Waals surface area contributed by atoms with Crippen molar-refractivity contribution in [1.82, 2.24) is 0 Å². The van der Waals surface area contributed by atoms with Crippen LogP contribution >= 0.6 is 0 Å². The summed E-state index contributed by atoms with van der Waals surface area (Å²) in [4.78, 5) is 21.7. The Balaban J connectivity index is 2.42. The van der Waals surface area contributed by atoms with E-state index in [1.165, 1.54) is 0 Å². The maximum atomic E-state index is 11.0. The van der Waals surface area contributed by atoms with Gasteiger partial charge in [0, 0.05) is 5.57 Å². The molecule has 1 N–H and O–H groups in total. The van der Waals surface area contributed by atoms with E-state index < -0.39 is 5.97 Å². The molecule has 0 fully saturated rings. The van der Waals surface area contributed by atoms with Crippen LogP contribution < -0.4 is 0 Å².